The Labute approximate surface area is 259 Å². The zero-order chi connectivity index (χ0) is 31.2. The molecule has 3 aliphatic rings. The number of hydrogen-bond donors (Lipinski definition) is 3. The summed E-state index contributed by atoms with van der Waals surface area (Å²) < 4.78 is 23.4. The lowest BCUT2D eigenvalue weighted by atomic mass is 9.83. The number of ether oxygens (including phenoxy) is 4. The molecule has 2 aliphatic heterocycles. The first-order valence-corrected chi connectivity index (χ1v) is 16.8. The van der Waals surface area contributed by atoms with Crippen LogP contribution in [0.5, 0.6) is 0 Å². The van der Waals surface area contributed by atoms with E-state index in [1.54, 1.807) is 6.92 Å². The summed E-state index contributed by atoms with van der Waals surface area (Å²) in [7, 11) is 0. The zero-order valence-electron chi connectivity index (χ0n) is 26.9. The Bertz CT molecular complexity index is 911. The van der Waals surface area contributed by atoms with Crippen LogP contribution in [0.25, 0.3) is 0 Å². The fourth-order valence-corrected chi connectivity index (χ4v) is 6.67. The fraction of sp³-hybridized carbons (Fsp3) is 0.800. The summed E-state index contributed by atoms with van der Waals surface area (Å²) in [6.07, 6.45) is 13.0. The summed E-state index contributed by atoms with van der Waals surface area (Å²) in [6, 6.07) is 0. The van der Waals surface area contributed by atoms with Gasteiger partial charge in [0.15, 0.2) is 12.6 Å². The van der Waals surface area contributed by atoms with Gasteiger partial charge in [-0.1, -0.05) is 49.5 Å². The van der Waals surface area contributed by atoms with Gasteiger partial charge in [-0.15, -0.1) is 0 Å². The number of aliphatic carboxylic acids is 1. The Morgan fingerprint density at radius 2 is 1.60 bits per heavy atom. The predicted octanol–water partition coefficient (Wildman–Crippen LogP) is 7.19. The number of carboxylic acids is 1. The predicted molar refractivity (Wildman–Crippen MR) is 167 cm³/mol. The van der Waals surface area contributed by atoms with Crippen molar-refractivity contribution < 1.29 is 39.1 Å². The van der Waals surface area contributed by atoms with Gasteiger partial charge < -0.3 is 34.3 Å². The Morgan fingerprint density at radius 1 is 0.953 bits per heavy atom. The van der Waals surface area contributed by atoms with Crippen LogP contribution in [-0.4, -0.2) is 65.4 Å². The molecule has 2 heterocycles. The van der Waals surface area contributed by atoms with Crippen LogP contribution in [-0.2, 0) is 23.7 Å². The molecule has 8 heteroatoms. The number of unbranched alkanes of at least 4 members (excludes halogenated alkanes) is 5. The van der Waals surface area contributed by atoms with Gasteiger partial charge >= 0.3 is 5.97 Å². The number of carboxylic acid groups (broad SMARTS) is 1. The van der Waals surface area contributed by atoms with E-state index in [9.17, 15) is 20.1 Å². The van der Waals surface area contributed by atoms with Gasteiger partial charge in [0, 0.05) is 18.6 Å². The molecule has 0 aromatic carbocycles. The van der Waals surface area contributed by atoms with Crippen molar-refractivity contribution in [3.63, 3.8) is 0 Å². The first kappa shape index (κ1) is 35.8. The molecule has 3 fully saturated rings. The molecule has 3 rings (SSSR count). The molecular formula is C35H58O8. The van der Waals surface area contributed by atoms with Crippen LogP contribution in [0.2, 0.25) is 0 Å². The monoisotopic (exact) mass is 606 g/mol. The van der Waals surface area contributed by atoms with Gasteiger partial charge in [0.05, 0.1) is 12.7 Å². The standard InChI is InChI=1S/C35H58O8/c1-24(2)15-9-7-5-6-8-10-16-27-20-19-25(3)28(27)23-29(36)32(37)33(42-30-17-11-13-21-40-30)26(4)34(35(38)39)43-31-18-12-14-22-41-31/h15,27-33,36-37H,3,5-14,16-23H2,1-2,4H3,(H,38,39)/t27-,28-,29+,30?,31?,32?,33?/m0/s1. The fourth-order valence-electron chi connectivity index (χ4n) is 6.67. The molecule has 0 aromatic heterocycles. The third-order valence-electron chi connectivity index (χ3n) is 9.26. The molecule has 8 nitrogen and oxygen atoms in total. The SMILES string of the molecule is C=C1CC[C@H](CCCCCCCC=C(C)C)[C@H]1C[C@@H](O)C(O)C(OC1CCCCO1)C(C)=C(OC1CCCCO1)C(=O)O. The van der Waals surface area contributed by atoms with E-state index >= 15 is 0 Å². The summed E-state index contributed by atoms with van der Waals surface area (Å²) in [6.45, 7) is 11.2. The van der Waals surface area contributed by atoms with Crippen LogP contribution in [0.15, 0.2) is 35.1 Å². The molecule has 0 bridgehead atoms. The van der Waals surface area contributed by atoms with E-state index in [-0.39, 0.29) is 17.3 Å². The Hall–Kier alpha value is -1.71. The van der Waals surface area contributed by atoms with Crippen molar-refractivity contribution in [3.05, 3.63) is 35.1 Å². The first-order chi connectivity index (χ1) is 20.7. The van der Waals surface area contributed by atoms with E-state index < -0.39 is 36.9 Å². The van der Waals surface area contributed by atoms with Crippen molar-refractivity contribution in [1.29, 1.82) is 0 Å². The zero-order valence-corrected chi connectivity index (χ0v) is 26.9. The lowest BCUT2D eigenvalue weighted by Gasteiger charge is -2.35. The second-order valence-corrected chi connectivity index (χ2v) is 13.1. The highest BCUT2D eigenvalue weighted by molar-refractivity contribution is 5.85. The topological polar surface area (TPSA) is 115 Å². The van der Waals surface area contributed by atoms with E-state index in [1.165, 1.54) is 31.3 Å². The molecule has 43 heavy (non-hydrogen) atoms. The van der Waals surface area contributed by atoms with Crippen molar-refractivity contribution in [2.75, 3.05) is 13.2 Å². The van der Waals surface area contributed by atoms with Gasteiger partial charge in [-0.3, -0.25) is 0 Å². The van der Waals surface area contributed by atoms with E-state index in [0.29, 0.717) is 38.4 Å². The van der Waals surface area contributed by atoms with Crippen LogP contribution in [0.4, 0.5) is 0 Å². The maximum atomic E-state index is 12.3. The Morgan fingerprint density at radius 3 is 2.23 bits per heavy atom. The third kappa shape index (κ3) is 12.0. The molecule has 0 amide bonds. The summed E-state index contributed by atoms with van der Waals surface area (Å²) in [4.78, 5) is 12.3. The van der Waals surface area contributed by atoms with E-state index in [4.69, 9.17) is 18.9 Å². The van der Waals surface area contributed by atoms with Gasteiger partial charge in [0.2, 0.25) is 5.76 Å². The Kier molecular flexibility index (Phi) is 15.8. The molecule has 1 aliphatic carbocycles. The second-order valence-electron chi connectivity index (χ2n) is 13.1. The number of aliphatic hydroxyl groups excluding tert-OH is 2. The van der Waals surface area contributed by atoms with Crippen LogP contribution >= 0.6 is 0 Å². The normalized spacial score (nSPS) is 27.2. The molecule has 7 atom stereocenters. The van der Waals surface area contributed by atoms with Gasteiger partial charge in [0.1, 0.15) is 12.2 Å². The van der Waals surface area contributed by atoms with Crippen LogP contribution < -0.4 is 0 Å². The Balaban J connectivity index is 1.64. The molecular weight excluding hydrogens is 548 g/mol. The van der Waals surface area contributed by atoms with Gasteiger partial charge in [0.25, 0.3) is 0 Å². The molecule has 4 unspecified atom stereocenters. The average Bonchev–Trinajstić information content (AvgIpc) is 3.34. The highest BCUT2D eigenvalue weighted by atomic mass is 16.7. The second kappa shape index (κ2) is 18.9. The summed E-state index contributed by atoms with van der Waals surface area (Å²) in [5, 5.41) is 33.0. The molecule has 3 N–H and O–H groups in total. The minimum atomic E-state index is -1.36. The number of hydrogen-bond acceptors (Lipinski definition) is 7. The van der Waals surface area contributed by atoms with E-state index in [2.05, 4.69) is 26.5 Å². The molecule has 0 spiro atoms. The first-order valence-electron chi connectivity index (χ1n) is 16.8. The van der Waals surface area contributed by atoms with Crippen LogP contribution in [0.1, 0.15) is 124 Å². The quantitative estimate of drug-likeness (QED) is 0.0650. The molecule has 246 valence electrons. The van der Waals surface area contributed by atoms with Crippen molar-refractivity contribution in [2.24, 2.45) is 11.8 Å². The minimum absolute atomic E-state index is 0.115. The van der Waals surface area contributed by atoms with Crippen LogP contribution in [0.3, 0.4) is 0 Å². The van der Waals surface area contributed by atoms with Crippen molar-refractivity contribution in [1.82, 2.24) is 0 Å². The van der Waals surface area contributed by atoms with Gasteiger partial charge in [-0.25, -0.2) is 4.79 Å². The van der Waals surface area contributed by atoms with Crippen molar-refractivity contribution >= 4 is 5.97 Å². The van der Waals surface area contributed by atoms with Gasteiger partial charge in [-0.2, -0.15) is 0 Å². The van der Waals surface area contributed by atoms with Gasteiger partial charge in [-0.05, 0) is 103 Å². The number of carbonyl (C=O) groups is 1. The smallest absolute Gasteiger partial charge is 0.371 e. The molecule has 0 radical (unpaired) electrons. The largest absolute Gasteiger partial charge is 0.475 e. The molecule has 2 saturated heterocycles. The lowest BCUT2D eigenvalue weighted by molar-refractivity contribution is -0.209. The summed E-state index contributed by atoms with van der Waals surface area (Å²) in [5.41, 5.74) is 2.73. The number of aliphatic hydroxyl groups is 2. The molecule has 1 saturated carbocycles. The average molecular weight is 607 g/mol. The minimum Gasteiger partial charge on any atom is -0.475 e. The molecule has 0 aromatic rings. The van der Waals surface area contributed by atoms with Crippen LogP contribution in [0, 0.1) is 11.8 Å². The van der Waals surface area contributed by atoms with Crippen molar-refractivity contribution in [3.8, 4) is 0 Å². The maximum absolute atomic E-state index is 12.3. The number of allylic oxidation sites excluding steroid dienone is 3. The summed E-state index contributed by atoms with van der Waals surface area (Å²) >= 11 is 0. The van der Waals surface area contributed by atoms with Crippen molar-refractivity contribution in [2.45, 2.75) is 154 Å². The van der Waals surface area contributed by atoms with E-state index in [0.717, 1.165) is 63.4 Å². The highest BCUT2D eigenvalue weighted by Gasteiger charge is 2.39. The maximum Gasteiger partial charge on any atom is 0.371 e. The lowest BCUT2D eigenvalue weighted by Crippen LogP contribution is -2.44. The van der Waals surface area contributed by atoms with E-state index in [1.807, 2.05) is 0 Å². The highest BCUT2D eigenvalue weighted by Crippen LogP contribution is 2.42. The summed E-state index contributed by atoms with van der Waals surface area (Å²) in [5.74, 6) is -1.02. The third-order valence-corrected chi connectivity index (χ3v) is 9.26. The number of rotatable bonds is 18.